The fourth-order valence-electron chi connectivity index (χ4n) is 3.46. The van der Waals surface area contributed by atoms with Gasteiger partial charge in [0.2, 0.25) is 0 Å². The number of nitrogens with zero attached hydrogens (tertiary/aromatic N) is 2. The number of amides is 2. The zero-order valence-corrected chi connectivity index (χ0v) is 15.8. The molecule has 148 valence electrons. The number of piperidine rings is 1. The third-order valence-corrected chi connectivity index (χ3v) is 5.10. The molecule has 0 atom stereocenters. The molecular formula is C22H21FN4O2. The van der Waals surface area contributed by atoms with E-state index in [1.165, 1.54) is 12.1 Å². The van der Waals surface area contributed by atoms with Gasteiger partial charge in [-0.2, -0.15) is 5.10 Å². The SMILES string of the molecule is O=C(NC1CCN(C(=O)c2cc(-c3ccc(F)cc3)n[nH]2)CC1)c1ccccc1. The van der Waals surface area contributed by atoms with Crippen molar-refractivity contribution in [3.8, 4) is 11.3 Å². The molecule has 6 nitrogen and oxygen atoms in total. The van der Waals surface area contributed by atoms with Crippen molar-refractivity contribution in [3.05, 3.63) is 77.7 Å². The average Bonchev–Trinajstić information content (AvgIpc) is 3.25. The quantitative estimate of drug-likeness (QED) is 0.715. The van der Waals surface area contributed by atoms with Crippen molar-refractivity contribution >= 4 is 11.8 Å². The number of H-pyrrole nitrogens is 1. The van der Waals surface area contributed by atoms with Crippen LogP contribution in [0.2, 0.25) is 0 Å². The summed E-state index contributed by atoms with van der Waals surface area (Å²) in [6, 6.07) is 16.8. The van der Waals surface area contributed by atoms with Gasteiger partial charge in [-0.3, -0.25) is 14.7 Å². The van der Waals surface area contributed by atoms with E-state index in [2.05, 4.69) is 15.5 Å². The number of rotatable bonds is 4. The summed E-state index contributed by atoms with van der Waals surface area (Å²) in [4.78, 5) is 26.8. The van der Waals surface area contributed by atoms with Crippen LogP contribution < -0.4 is 5.32 Å². The second kappa shape index (κ2) is 8.26. The highest BCUT2D eigenvalue weighted by Crippen LogP contribution is 2.20. The summed E-state index contributed by atoms with van der Waals surface area (Å²) in [6.07, 6.45) is 1.40. The topological polar surface area (TPSA) is 78.1 Å². The number of carbonyl (C=O) groups excluding carboxylic acids is 2. The number of nitrogens with one attached hydrogen (secondary N) is 2. The average molecular weight is 392 g/mol. The Morgan fingerprint density at radius 2 is 1.72 bits per heavy atom. The number of hydrogen-bond donors (Lipinski definition) is 2. The van der Waals surface area contributed by atoms with Crippen LogP contribution in [0.5, 0.6) is 0 Å². The molecule has 0 bridgehead atoms. The van der Waals surface area contributed by atoms with Crippen LogP contribution in [0.4, 0.5) is 4.39 Å². The Kier molecular flexibility index (Phi) is 5.37. The molecule has 7 heteroatoms. The molecule has 2 aromatic carbocycles. The number of likely N-dealkylation sites (tertiary alicyclic amines) is 1. The molecule has 29 heavy (non-hydrogen) atoms. The largest absolute Gasteiger partial charge is 0.349 e. The molecule has 0 aliphatic carbocycles. The standard InChI is InChI=1S/C22H21FN4O2/c23-17-8-6-15(7-9-17)19-14-20(26-25-19)22(29)27-12-10-18(11-13-27)24-21(28)16-4-2-1-3-5-16/h1-9,14,18H,10-13H2,(H,24,28)(H,25,26). The predicted molar refractivity (Wildman–Crippen MR) is 107 cm³/mol. The van der Waals surface area contributed by atoms with E-state index in [1.807, 2.05) is 18.2 Å². The van der Waals surface area contributed by atoms with Crippen LogP contribution in [0.15, 0.2) is 60.7 Å². The van der Waals surface area contributed by atoms with Crippen molar-refractivity contribution in [3.63, 3.8) is 0 Å². The van der Waals surface area contributed by atoms with E-state index in [1.54, 1.807) is 35.2 Å². The van der Waals surface area contributed by atoms with Crippen LogP contribution in [-0.2, 0) is 0 Å². The van der Waals surface area contributed by atoms with Crippen molar-refractivity contribution in [2.75, 3.05) is 13.1 Å². The number of aromatic nitrogens is 2. The molecule has 0 spiro atoms. The highest BCUT2D eigenvalue weighted by atomic mass is 19.1. The van der Waals surface area contributed by atoms with E-state index >= 15 is 0 Å². The van der Waals surface area contributed by atoms with Crippen LogP contribution in [0, 0.1) is 5.82 Å². The third kappa shape index (κ3) is 4.34. The first-order valence-electron chi connectivity index (χ1n) is 9.57. The molecule has 1 fully saturated rings. The number of halogens is 1. The number of hydrogen-bond acceptors (Lipinski definition) is 3. The summed E-state index contributed by atoms with van der Waals surface area (Å²) < 4.78 is 13.1. The molecule has 0 saturated carbocycles. The smallest absolute Gasteiger partial charge is 0.271 e. The zero-order chi connectivity index (χ0) is 20.2. The number of carbonyl (C=O) groups is 2. The van der Waals surface area contributed by atoms with E-state index in [0.29, 0.717) is 42.9 Å². The lowest BCUT2D eigenvalue weighted by molar-refractivity contribution is 0.0692. The van der Waals surface area contributed by atoms with E-state index in [-0.39, 0.29) is 23.7 Å². The fourth-order valence-corrected chi connectivity index (χ4v) is 3.46. The van der Waals surface area contributed by atoms with Crippen LogP contribution in [0.3, 0.4) is 0 Å². The second-order valence-electron chi connectivity index (χ2n) is 7.08. The Bertz CT molecular complexity index is 993. The molecule has 2 N–H and O–H groups in total. The zero-order valence-electron chi connectivity index (χ0n) is 15.8. The summed E-state index contributed by atoms with van der Waals surface area (Å²) >= 11 is 0. The summed E-state index contributed by atoms with van der Waals surface area (Å²) in [7, 11) is 0. The van der Waals surface area contributed by atoms with Crippen LogP contribution in [0.25, 0.3) is 11.3 Å². The normalized spacial score (nSPS) is 14.6. The van der Waals surface area contributed by atoms with Gasteiger partial charge in [-0.1, -0.05) is 18.2 Å². The van der Waals surface area contributed by atoms with Crippen molar-refractivity contribution in [2.24, 2.45) is 0 Å². The molecule has 2 heterocycles. The molecule has 3 aromatic rings. The first-order chi connectivity index (χ1) is 14.1. The Labute approximate surface area is 167 Å². The monoisotopic (exact) mass is 392 g/mol. The molecule has 1 saturated heterocycles. The Hall–Kier alpha value is -3.48. The maximum Gasteiger partial charge on any atom is 0.271 e. The number of aromatic amines is 1. The first-order valence-corrected chi connectivity index (χ1v) is 9.57. The lowest BCUT2D eigenvalue weighted by atomic mass is 10.0. The van der Waals surface area contributed by atoms with Crippen molar-refractivity contribution < 1.29 is 14.0 Å². The van der Waals surface area contributed by atoms with Gasteiger partial charge >= 0.3 is 0 Å². The second-order valence-corrected chi connectivity index (χ2v) is 7.08. The fraction of sp³-hybridized carbons (Fsp3) is 0.227. The van der Waals surface area contributed by atoms with Gasteiger partial charge in [0, 0.05) is 30.3 Å². The van der Waals surface area contributed by atoms with E-state index in [4.69, 9.17) is 0 Å². The Morgan fingerprint density at radius 1 is 1.03 bits per heavy atom. The van der Waals surface area contributed by atoms with Crippen molar-refractivity contribution in [2.45, 2.75) is 18.9 Å². The summed E-state index contributed by atoms with van der Waals surface area (Å²) in [5.74, 6) is -0.533. The molecule has 4 rings (SSSR count). The van der Waals surface area contributed by atoms with Gasteiger partial charge in [0.1, 0.15) is 11.5 Å². The molecule has 0 radical (unpaired) electrons. The molecule has 1 aromatic heterocycles. The van der Waals surface area contributed by atoms with Crippen LogP contribution in [-0.4, -0.2) is 46.0 Å². The van der Waals surface area contributed by atoms with Gasteiger partial charge in [0.05, 0.1) is 5.69 Å². The lowest BCUT2D eigenvalue weighted by Crippen LogP contribution is -2.46. The Balaban J connectivity index is 1.33. The lowest BCUT2D eigenvalue weighted by Gasteiger charge is -2.32. The summed E-state index contributed by atoms with van der Waals surface area (Å²) in [6.45, 7) is 1.12. The minimum Gasteiger partial charge on any atom is -0.349 e. The van der Waals surface area contributed by atoms with E-state index < -0.39 is 0 Å². The highest BCUT2D eigenvalue weighted by Gasteiger charge is 2.26. The maximum atomic E-state index is 13.1. The number of benzene rings is 2. The van der Waals surface area contributed by atoms with Crippen LogP contribution in [0.1, 0.15) is 33.7 Å². The van der Waals surface area contributed by atoms with Crippen LogP contribution >= 0.6 is 0 Å². The molecular weight excluding hydrogens is 371 g/mol. The van der Waals surface area contributed by atoms with Gasteiger partial charge in [-0.25, -0.2) is 4.39 Å². The molecule has 2 amide bonds. The molecule has 0 unspecified atom stereocenters. The molecule has 1 aliphatic rings. The summed E-state index contributed by atoms with van der Waals surface area (Å²) in [5, 5.41) is 9.98. The van der Waals surface area contributed by atoms with Crippen molar-refractivity contribution in [1.29, 1.82) is 0 Å². The summed E-state index contributed by atoms with van der Waals surface area (Å²) in [5.41, 5.74) is 2.37. The third-order valence-electron chi connectivity index (χ3n) is 5.10. The minimum absolute atomic E-state index is 0.0447. The van der Waals surface area contributed by atoms with Gasteiger partial charge in [0.15, 0.2) is 0 Å². The van der Waals surface area contributed by atoms with Gasteiger partial charge in [0.25, 0.3) is 11.8 Å². The predicted octanol–water partition coefficient (Wildman–Crippen LogP) is 3.25. The first kappa shape index (κ1) is 18.9. The van der Waals surface area contributed by atoms with Gasteiger partial charge in [-0.05, 0) is 55.3 Å². The minimum atomic E-state index is -0.317. The molecule has 1 aliphatic heterocycles. The maximum absolute atomic E-state index is 13.1. The van der Waals surface area contributed by atoms with Gasteiger partial charge < -0.3 is 10.2 Å². The van der Waals surface area contributed by atoms with Crippen molar-refractivity contribution in [1.82, 2.24) is 20.4 Å². The van der Waals surface area contributed by atoms with E-state index in [9.17, 15) is 14.0 Å². The van der Waals surface area contributed by atoms with Gasteiger partial charge in [-0.15, -0.1) is 0 Å². The highest BCUT2D eigenvalue weighted by molar-refractivity contribution is 5.95. The Morgan fingerprint density at radius 3 is 2.41 bits per heavy atom. The van der Waals surface area contributed by atoms with E-state index in [0.717, 1.165) is 5.56 Å².